The van der Waals surface area contributed by atoms with Gasteiger partial charge in [-0.25, -0.2) is 4.90 Å². The van der Waals surface area contributed by atoms with Gasteiger partial charge in [-0.1, -0.05) is 59.9 Å². The fraction of sp³-hybridized carbons (Fsp3) is 0.273. The van der Waals surface area contributed by atoms with Gasteiger partial charge in [0.15, 0.2) is 0 Å². The molecular formula is C22H19Cl3N2O2. The molecule has 1 saturated heterocycles. The van der Waals surface area contributed by atoms with Crippen molar-refractivity contribution in [3.63, 3.8) is 0 Å². The van der Waals surface area contributed by atoms with Gasteiger partial charge >= 0.3 is 0 Å². The number of nitrogens with zero attached hydrogens (tertiary/aromatic N) is 2. The highest BCUT2D eigenvalue weighted by Gasteiger charge is 2.43. The predicted molar refractivity (Wildman–Crippen MR) is 117 cm³/mol. The molecule has 2 aromatic rings. The molecule has 1 fully saturated rings. The lowest BCUT2D eigenvalue weighted by molar-refractivity contribution is -0.120. The third kappa shape index (κ3) is 3.65. The van der Waals surface area contributed by atoms with Crippen LogP contribution in [-0.2, 0) is 9.59 Å². The monoisotopic (exact) mass is 448 g/mol. The Balaban J connectivity index is 1.83. The Kier molecular flexibility index (Phi) is 5.60. The standard InChI is InChI=1S/C22H19Cl3N2O2/c1-13-9-11-26(12-10-13)20-18(14-5-7-15(23)8-6-14)21(28)27(22(20)29)17-4-2-3-16(24)19(17)25/h2-8,13H,9-12H2,1H3. The average molecular weight is 450 g/mol. The van der Waals surface area contributed by atoms with Gasteiger partial charge in [-0.15, -0.1) is 0 Å². The van der Waals surface area contributed by atoms with Gasteiger partial charge in [0.1, 0.15) is 5.70 Å². The van der Waals surface area contributed by atoms with Crippen LogP contribution >= 0.6 is 34.8 Å². The highest BCUT2D eigenvalue weighted by molar-refractivity contribution is 6.49. The second-order valence-corrected chi connectivity index (χ2v) is 8.64. The SMILES string of the molecule is CC1CCN(C2=C(c3ccc(Cl)cc3)C(=O)N(c3cccc(Cl)c3Cl)C2=O)CC1. The topological polar surface area (TPSA) is 40.6 Å². The van der Waals surface area contributed by atoms with Crippen LogP contribution in [0.5, 0.6) is 0 Å². The summed E-state index contributed by atoms with van der Waals surface area (Å²) in [5.74, 6) is -0.190. The number of anilines is 1. The summed E-state index contributed by atoms with van der Waals surface area (Å²) in [7, 11) is 0. The van der Waals surface area contributed by atoms with Crippen molar-refractivity contribution in [2.45, 2.75) is 19.8 Å². The first-order chi connectivity index (χ1) is 13.9. The maximum atomic E-state index is 13.5. The molecule has 0 saturated carbocycles. The van der Waals surface area contributed by atoms with Crippen molar-refractivity contribution < 1.29 is 9.59 Å². The summed E-state index contributed by atoms with van der Waals surface area (Å²) >= 11 is 18.5. The van der Waals surface area contributed by atoms with E-state index in [1.54, 1.807) is 42.5 Å². The first-order valence-corrected chi connectivity index (χ1v) is 10.6. The minimum atomic E-state index is -0.407. The number of carbonyl (C=O) groups is 2. The van der Waals surface area contributed by atoms with Crippen molar-refractivity contribution >= 4 is 57.9 Å². The fourth-order valence-corrected chi connectivity index (χ4v) is 4.31. The van der Waals surface area contributed by atoms with E-state index < -0.39 is 5.91 Å². The first kappa shape index (κ1) is 20.3. The molecule has 2 amide bonds. The number of likely N-dealkylation sites (tertiary alicyclic amines) is 1. The summed E-state index contributed by atoms with van der Waals surface area (Å²) in [6.07, 6.45) is 1.94. The summed E-state index contributed by atoms with van der Waals surface area (Å²) in [5, 5.41) is 1.03. The molecule has 2 heterocycles. The van der Waals surface area contributed by atoms with Crippen LogP contribution in [0.25, 0.3) is 5.57 Å². The number of imide groups is 1. The molecule has 0 spiro atoms. The van der Waals surface area contributed by atoms with E-state index in [1.165, 1.54) is 0 Å². The van der Waals surface area contributed by atoms with Crippen LogP contribution in [-0.4, -0.2) is 29.8 Å². The quantitative estimate of drug-likeness (QED) is 0.567. The third-order valence-corrected chi connectivity index (χ3v) is 6.53. The molecule has 0 N–H and O–H groups in total. The van der Waals surface area contributed by atoms with Crippen molar-refractivity contribution in [1.29, 1.82) is 0 Å². The minimum absolute atomic E-state index is 0.180. The van der Waals surface area contributed by atoms with Gasteiger partial charge < -0.3 is 4.90 Å². The van der Waals surface area contributed by atoms with E-state index >= 15 is 0 Å². The van der Waals surface area contributed by atoms with Crippen LogP contribution < -0.4 is 4.90 Å². The lowest BCUT2D eigenvalue weighted by Crippen LogP contribution is -2.38. The Hall–Kier alpha value is -2.01. The third-order valence-electron chi connectivity index (χ3n) is 5.46. The minimum Gasteiger partial charge on any atom is -0.366 e. The second kappa shape index (κ2) is 8.02. The van der Waals surface area contributed by atoms with Gasteiger partial charge in [-0.2, -0.15) is 0 Å². The van der Waals surface area contributed by atoms with Crippen molar-refractivity contribution in [2.24, 2.45) is 5.92 Å². The lowest BCUT2D eigenvalue weighted by atomic mass is 9.97. The van der Waals surface area contributed by atoms with Gasteiger partial charge in [0.25, 0.3) is 11.8 Å². The van der Waals surface area contributed by atoms with E-state index in [1.807, 2.05) is 4.90 Å². The van der Waals surface area contributed by atoms with Crippen molar-refractivity contribution in [2.75, 3.05) is 18.0 Å². The summed E-state index contributed by atoms with van der Waals surface area (Å²) < 4.78 is 0. The molecule has 0 aromatic heterocycles. The van der Waals surface area contributed by atoms with E-state index in [4.69, 9.17) is 34.8 Å². The normalized spacial score (nSPS) is 18.2. The molecule has 2 aromatic carbocycles. The molecule has 4 nitrogen and oxygen atoms in total. The molecule has 2 aliphatic rings. The molecule has 150 valence electrons. The zero-order chi connectivity index (χ0) is 20.7. The van der Waals surface area contributed by atoms with Crippen LogP contribution in [0, 0.1) is 5.92 Å². The van der Waals surface area contributed by atoms with E-state index in [-0.39, 0.29) is 16.0 Å². The number of piperidine rings is 1. The molecule has 0 bridgehead atoms. The molecule has 4 rings (SSSR count). The Morgan fingerprint density at radius 1 is 0.897 bits per heavy atom. The van der Waals surface area contributed by atoms with E-state index in [2.05, 4.69) is 6.92 Å². The second-order valence-electron chi connectivity index (χ2n) is 7.42. The number of hydrogen-bond donors (Lipinski definition) is 0. The van der Waals surface area contributed by atoms with E-state index in [9.17, 15) is 9.59 Å². The Morgan fingerprint density at radius 2 is 1.55 bits per heavy atom. The molecule has 29 heavy (non-hydrogen) atoms. The molecule has 0 unspecified atom stereocenters. The Bertz CT molecular complexity index is 1010. The number of benzene rings is 2. The first-order valence-electron chi connectivity index (χ1n) is 9.46. The average Bonchev–Trinajstić information content (AvgIpc) is 2.96. The van der Waals surface area contributed by atoms with Gasteiger partial charge in [0, 0.05) is 18.1 Å². The maximum absolute atomic E-state index is 13.5. The van der Waals surface area contributed by atoms with E-state index in [0.717, 1.165) is 30.8 Å². The Morgan fingerprint density at radius 3 is 2.21 bits per heavy atom. The van der Waals surface area contributed by atoms with Crippen molar-refractivity contribution in [3.05, 3.63) is 68.8 Å². The highest BCUT2D eigenvalue weighted by atomic mass is 35.5. The number of rotatable bonds is 3. The van der Waals surface area contributed by atoms with Crippen LogP contribution in [0.4, 0.5) is 5.69 Å². The summed E-state index contributed by atoms with van der Waals surface area (Å²) in [5.41, 5.74) is 1.74. The molecule has 0 radical (unpaired) electrons. The molecule has 7 heteroatoms. The molecule has 0 aliphatic carbocycles. The lowest BCUT2D eigenvalue weighted by Gasteiger charge is -2.32. The smallest absolute Gasteiger partial charge is 0.282 e. The van der Waals surface area contributed by atoms with E-state index in [0.29, 0.717) is 33.5 Å². The Labute approximate surface area is 184 Å². The number of halogens is 3. The maximum Gasteiger partial charge on any atom is 0.282 e. The van der Waals surface area contributed by atoms with Gasteiger partial charge in [-0.3, -0.25) is 9.59 Å². The van der Waals surface area contributed by atoms with Crippen LogP contribution in [0.3, 0.4) is 0 Å². The molecule has 0 atom stereocenters. The molecule has 2 aliphatic heterocycles. The number of carbonyl (C=O) groups excluding carboxylic acids is 2. The highest BCUT2D eigenvalue weighted by Crippen LogP contribution is 2.40. The van der Waals surface area contributed by atoms with Crippen molar-refractivity contribution in [1.82, 2.24) is 4.90 Å². The van der Waals surface area contributed by atoms with Gasteiger partial charge in [0.05, 0.1) is 21.3 Å². The fourth-order valence-electron chi connectivity index (χ4n) is 3.80. The van der Waals surface area contributed by atoms with Crippen LogP contribution in [0.15, 0.2) is 48.2 Å². The predicted octanol–water partition coefficient (Wildman–Crippen LogP) is 5.66. The largest absolute Gasteiger partial charge is 0.366 e. The summed E-state index contributed by atoms with van der Waals surface area (Å²) in [6.45, 7) is 3.65. The number of hydrogen-bond acceptors (Lipinski definition) is 3. The summed E-state index contributed by atoms with van der Waals surface area (Å²) in [4.78, 5) is 30.1. The van der Waals surface area contributed by atoms with Crippen LogP contribution in [0.2, 0.25) is 15.1 Å². The zero-order valence-electron chi connectivity index (χ0n) is 15.8. The number of amides is 2. The van der Waals surface area contributed by atoms with Gasteiger partial charge in [0.2, 0.25) is 0 Å². The molecular weight excluding hydrogens is 431 g/mol. The van der Waals surface area contributed by atoms with Crippen LogP contribution in [0.1, 0.15) is 25.3 Å². The van der Waals surface area contributed by atoms with Crippen molar-refractivity contribution in [3.8, 4) is 0 Å². The summed E-state index contributed by atoms with van der Waals surface area (Å²) in [6, 6.07) is 11.9. The zero-order valence-corrected chi connectivity index (χ0v) is 18.1. The van der Waals surface area contributed by atoms with Gasteiger partial charge in [-0.05, 0) is 48.6 Å².